The number of ether oxygens (including phenoxy) is 1. The Labute approximate surface area is 200 Å². The molecule has 7 nitrogen and oxygen atoms in total. The smallest absolute Gasteiger partial charge is 0.407 e. The number of carbonyl (C=O) groups is 3. The number of hydrogen-bond acceptors (Lipinski definition) is 4. The number of fused-ring (bicyclic) bond motifs is 3. The summed E-state index contributed by atoms with van der Waals surface area (Å²) >= 11 is 0. The quantitative estimate of drug-likeness (QED) is 0.633. The van der Waals surface area contributed by atoms with Crippen LogP contribution in [0.15, 0.2) is 48.5 Å². The van der Waals surface area contributed by atoms with Crippen LogP contribution in [0.5, 0.6) is 0 Å². The molecule has 0 aliphatic heterocycles. The lowest BCUT2D eigenvalue weighted by atomic mass is 9.93. The fourth-order valence-corrected chi connectivity index (χ4v) is 5.35. The molecule has 1 unspecified atom stereocenters. The summed E-state index contributed by atoms with van der Waals surface area (Å²) in [5.41, 5.74) is 3.28. The van der Waals surface area contributed by atoms with Gasteiger partial charge in [-0.1, -0.05) is 75.2 Å². The Bertz CT molecular complexity index is 1040. The third kappa shape index (κ3) is 4.15. The highest BCUT2D eigenvalue weighted by Gasteiger charge is 2.48. The Kier molecular flexibility index (Phi) is 6.64. The lowest BCUT2D eigenvalue weighted by Gasteiger charge is -2.37. The summed E-state index contributed by atoms with van der Waals surface area (Å²) in [7, 11) is 1.52. The zero-order valence-electron chi connectivity index (χ0n) is 19.9. The van der Waals surface area contributed by atoms with E-state index in [1.165, 1.54) is 11.9 Å². The molecule has 0 bridgehead atoms. The Balaban J connectivity index is 1.45. The molecule has 2 amide bonds. The molecule has 0 spiro atoms. The molecule has 1 saturated carbocycles. The minimum Gasteiger partial charge on any atom is -0.479 e. The molecule has 2 aromatic rings. The van der Waals surface area contributed by atoms with E-state index < -0.39 is 29.6 Å². The molecule has 2 aliphatic carbocycles. The third-order valence-electron chi connectivity index (χ3n) is 7.35. The van der Waals surface area contributed by atoms with Crippen LogP contribution in [0.1, 0.15) is 56.6 Å². The maximum atomic E-state index is 13.3. The first-order valence-electron chi connectivity index (χ1n) is 11.9. The number of nitrogens with zero attached hydrogens (tertiary/aromatic N) is 1. The first kappa shape index (κ1) is 23.8. The summed E-state index contributed by atoms with van der Waals surface area (Å²) < 4.78 is 5.61. The lowest BCUT2D eigenvalue weighted by molar-refractivity contribution is -0.158. The number of rotatable bonds is 7. The second-order valence-corrected chi connectivity index (χ2v) is 9.63. The van der Waals surface area contributed by atoms with Crippen LogP contribution in [0.25, 0.3) is 11.1 Å². The maximum Gasteiger partial charge on any atom is 0.407 e. The molecule has 1 atom stereocenters. The number of alkyl carbamates (subject to hydrolysis) is 1. The maximum absolute atomic E-state index is 13.3. The molecule has 2 aliphatic rings. The fraction of sp³-hybridized carbons (Fsp3) is 0.444. The molecule has 4 rings (SSSR count). The van der Waals surface area contributed by atoms with Gasteiger partial charge < -0.3 is 20.1 Å². The van der Waals surface area contributed by atoms with Crippen LogP contribution in [0.3, 0.4) is 0 Å². The number of aliphatic carboxylic acids is 1. The Morgan fingerprint density at radius 3 is 2.06 bits per heavy atom. The van der Waals surface area contributed by atoms with Crippen molar-refractivity contribution in [2.75, 3.05) is 13.7 Å². The van der Waals surface area contributed by atoms with E-state index in [1.54, 1.807) is 0 Å². The number of nitrogens with one attached hydrogen (secondary N) is 1. The average molecular weight is 465 g/mol. The second kappa shape index (κ2) is 9.49. The standard InChI is InChI=1S/C27H32N2O5/c1-17(2)23(24(30)29(3)27(25(31)32)14-8-9-15-27)28-26(33)34-16-22-20-12-6-4-10-18(20)19-11-5-7-13-21(19)22/h4-7,10-13,17,22-23H,8-9,14-16H2,1-3H3,(H,28,33)(H,31,32). The van der Waals surface area contributed by atoms with E-state index >= 15 is 0 Å². The predicted octanol–water partition coefficient (Wildman–Crippen LogP) is 4.41. The second-order valence-electron chi connectivity index (χ2n) is 9.63. The summed E-state index contributed by atoms with van der Waals surface area (Å²) in [6, 6.07) is 15.3. The van der Waals surface area contributed by atoms with Crippen LogP contribution in [0.4, 0.5) is 4.79 Å². The monoisotopic (exact) mass is 464 g/mol. The molecule has 0 aromatic heterocycles. The van der Waals surface area contributed by atoms with Crippen molar-refractivity contribution >= 4 is 18.0 Å². The van der Waals surface area contributed by atoms with Gasteiger partial charge in [0.1, 0.15) is 18.2 Å². The van der Waals surface area contributed by atoms with Crippen molar-refractivity contribution in [1.29, 1.82) is 0 Å². The van der Waals surface area contributed by atoms with E-state index in [2.05, 4.69) is 17.4 Å². The summed E-state index contributed by atoms with van der Waals surface area (Å²) in [5, 5.41) is 12.5. The molecule has 0 saturated heterocycles. The van der Waals surface area contributed by atoms with Gasteiger partial charge in [0.2, 0.25) is 5.91 Å². The molecule has 7 heteroatoms. The first-order valence-corrected chi connectivity index (χ1v) is 11.9. The number of hydrogen-bond donors (Lipinski definition) is 2. The molecule has 1 fully saturated rings. The largest absolute Gasteiger partial charge is 0.479 e. The van der Waals surface area contributed by atoms with Gasteiger partial charge in [-0.05, 0) is 41.0 Å². The summed E-state index contributed by atoms with van der Waals surface area (Å²) in [4.78, 5) is 39.4. The minimum absolute atomic E-state index is 0.0807. The highest BCUT2D eigenvalue weighted by Crippen LogP contribution is 2.44. The van der Waals surface area contributed by atoms with Crippen LogP contribution in [-0.2, 0) is 14.3 Å². The van der Waals surface area contributed by atoms with Crippen LogP contribution in [0, 0.1) is 5.92 Å². The number of carboxylic acid groups (broad SMARTS) is 1. The number of amides is 2. The number of likely N-dealkylation sites (N-methyl/N-ethyl adjacent to an activating group) is 1. The van der Waals surface area contributed by atoms with Gasteiger partial charge in [-0.15, -0.1) is 0 Å². The van der Waals surface area contributed by atoms with Crippen LogP contribution in [0.2, 0.25) is 0 Å². The van der Waals surface area contributed by atoms with Crippen LogP contribution < -0.4 is 5.32 Å². The molecular weight excluding hydrogens is 432 g/mol. The number of carbonyl (C=O) groups excluding carboxylic acids is 2. The van der Waals surface area contributed by atoms with Gasteiger partial charge in [-0.3, -0.25) is 4.79 Å². The number of carboxylic acids is 1. The van der Waals surface area contributed by atoms with Crippen molar-refractivity contribution in [2.45, 2.75) is 57.0 Å². The Hall–Kier alpha value is -3.35. The van der Waals surface area contributed by atoms with Crippen LogP contribution >= 0.6 is 0 Å². The fourth-order valence-electron chi connectivity index (χ4n) is 5.35. The molecule has 180 valence electrons. The normalized spacial score (nSPS) is 17.1. The Morgan fingerprint density at radius 2 is 1.56 bits per heavy atom. The van der Waals surface area contributed by atoms with Crippen molar-refractivity contribution in [3.05, 3.63) is 59.7 Å². The van der Waals surface area contributed by atoms with E-state index in [0.29, 0.717) is 12.8 Å². The van der Waals surface area contributed by atoms with Crippen molar-refractivity contribution in [2.24, 2.45) is 5.92 Å². The van der Waals surface area contributed by atoms with Crippen molar-refractivity contribution in [1.82, 2.24) is 10.2 Å². The van der Waals surface area contributed by atoms with Gasteiger partial charge in [0.25, 0.3) is 0 Å². The zero-order chi connectivity index (χ0) is 24.5. The van der Waals surface area contributed by atoms with E-state index in [4.69, 9.17) is 4.74 Å². The van der Waals surface area contributed by atoms with Crippen molar-refractivity contribution < 1.29 is 24.2 Å². The SMILES string of the molecule is CC(C)C(NC(=O)OCC1c2ccccc2-c2ccccc21)C(=O)N(C)C1(C(=O)O)CCCC1. The summed E-state index contributed by atoms with van der Waals surface area (Å²) in [6.45, 7) is 3.79. The van der Waals surface area contributed by atoms with Gasteiger partial charge in [0.15, 0.2) is 0 Å². The van der Waals surface area contributed by atoms with E-state index in [0.717, 1.165) is 35.1 Å². The van der Waals surface area contributed by atoms with E-state index in [-0.39, 0.29) is 18.4 Å². The van der Waals surface area contributed by atoms with Gasteiger partial charge >= 0.3 is 12.1 Å². The topological polar surface area (TPSA) is 95.9 Å². The molecule has 34 heavy (non-hydrogen) atoms. The Morgan fingerprint density at radius 1 is 1.03 bits per heavy atom. The van der Waals surface area contributed by atoms with Gasteiger partial charge in [-0.25, -0.2) is 9.59 Å². The molecular formula is C27H32N2O5. The molecule has 0 radical (unpaired) electrons. The van der Waals surface area contributed by atoms with Gasteiger partial charge in [0.05, 0.1) is 0 Å². The highest BCUT2D eigenvalue weighted by molar-refractivity contribution is 5.91. The van der Waals surface area contributed by atoms with Gasteiger partial charge in [-0.2, -0.15) is 0 Å². The van der Waals surface area contributed by atoms with E-state index in [9.17, 15) is 19.5 Å². The van der Waals surface area contributed by atoms with Crippen molar-refractivity contribution in [3.8, 4) is 11.1 Å². The summed E-state index contributed by atoms with van der Waals surface area (Å²) in [6.07, 6.45) is 1.67. The van der Waals surface area contributed by atoms with Crippen LogP contribution in [-0.4, -0.2) is 53.2 Å². The minimum atomic E-state index is -1.22. The molecule has 2 aromatic carbocycles. The van der Waals surface area contributed by atoms with Crippen molar-refractivity contribution in [3.63, 3.8) is 0 Å². The van der Waals surface area contributed by atoms with Gasteiger partial charge in [0, 0.05) is 13.0 Å². The molecule has 0 heterocycles. The summed E-state index contributed by atoms with van der Waals surface area (Å²) in [5.74, 6) is -1.72. The first-order chi connectivity index (χ1) is 16.3. The molecule has 2 N–H and O–H groups in total. The lowest BCUT2D eigenvalue weighted by Crippen LogP contribution is -2.59. The zero-order valence-corrected chi connectivity index (χ0v) is 19.9. The highest BCUT2D eigenvalue weighted by atomic mass is 16.5. The third-order valence-corrected chi connectivity index (χ3v) is 7.35. The average Bonchev–Trinajstić information content (AvgIpc) is 3.44. The predicted molar refractivity (Wildman–Crippen MR) is 128 cm³/mol. The van der Waals surface area contributed by atoms with E-state index in [1.807, 2.05) is 50.2 Å². The number of benzene rings is 2.